The minimum Gasteiger partial charge on any atom is -0.340 e. The summed E-state index contributed by atoms with van der Waals surface area (Å²) in [4.78, 5) is 38.3. The normalized spacial score (nSPS) is 17.4. The molecule has 25 heavy (non-hydrogen) atoms. The minimum absolute atomic E-state index is 0.175. The number of likely N-dealkylation sites (tertiary alicyclic amines) is 1. The SMILES string of the molecule is O=C(NC1CCC(=O)N(CCc2ccccc2)C1=O)c1ccccc1. The number of hydrogen-bond acceptors (Lipinski definition) is 3. The standard InChI is InChI=1S/C20H20N2O3/c23-18-12-11-17(21-19(24)16-9-5-2-6-10-16)20(25)22(18)14-13-15-7-3-1-4-8-15/h1-10,17H,11-14H2,(H,21,24). The van der Waals surface area contributed by atoms with Crippen LogP contribution in [0, 0.1) is 0 Å². The van der Waals surface area contributed by atoms with Gasteiger partial charge in [0.1, 0.15) is 6.04 Å². The van der Waals surface area contributed by atoms with Gasteiger partial charge in [-0.3, -0.25) is 19.3 Å². The predicted octanol–water partition coefficient (Wildman–Crippen LogP) is 2.18. The zero-order valence-electron chi connectivity index (χ0n) is 13.9. The summed E-state index contributed by atoms with van der Waals surface area (Å²) in [5.41, 5.74) is 1.57. The molecule has 0 saturated carbocycles. The Morgan fingerprint density at radius 3 is 2.32 bits per heavy atom. The summed E-state index contributed by atoms with van der Waals surface area (Å²) in [6.45, 7) is 0.333. The van der Waals surface area contributed by atoms with Gasteiger partial charge in [-0.2, -0.15) is 0 Å². The molecule has 5 nitrogen and oxygen atoms in total. The molecule has 1 aliphatic heterocycles. The summed E-state index contributed by atoms with van der Waals surface area (Å²) in [5.74, 6) is -0.793. The molecule has 0 aromatic heterocycles. The van der Waals surface area contributed by atoms with Gasteiger partial charge in [-0.25, -0.2) is 0 Å². The summed E-state index contributed by atoms with van der Waals surface area (Å²) in [6, 6.07) is 17.8. The van der Waals surface area contributed by atoms with E-state index < -0.39 is 6.04 Å². The topological polar surface area (TPSA) is 66.5 Å². The Balaban J connectivity index is 1.63. The van der Waals surface area contributed by atoms with Crippen molar-refractivity contribution < 1.29 is 14.4 Å². The summed E-state index contributed by atoms with van der Waals surface area (Å²) < 4.78 is 0. The Hall–Kier alpha value is -2.95. The fourth-order valence-corrected chi connectivity index (χ4v) is 2.92. The van der Waals surface area contributed by atoms with Gasteiger partial charge >= 0.3 is 0 Å². The van der Waals surface area contributed by atoms with Gasteiger partial charge in [0.05, 0.1) is 0 Å². The number of imide groups is 1. The molecule has 5 heteroatoms. The summed E-state index contributed by atoms with van der Waals surface area (Å²) in [6.07, 6.45) is 1.22. The van der Waals surface area contributed by atoms with Crippen molar-refractivity contribution in [3.63, 3.8) is 0 Å². The highest BCUT2D eigenvalue weighted by Gasteiger charge is 2.34. The van der Waals surface area contributed by atoms with E-state index in [4.69, 9.17) is 0 Å². The molecule has 3 rings (SSSR count). The zero-order valence-corrected chi connectivity index (χ0v) is 13.9. The lowest BCUT2D eigenvalue weighted by Crippen LogP contribution is -2.54. The van der Waals surface area contributed by atoms with E-state index >= 15 is 0 Å². The zero-order chi connectivity index (χ0) is 17.6. The number of carbonyl (C=O) groups excluding carboxylic acids is 3. The second-order valence-corrected chi connectivity index (χ2v) is 6.05. The lowest BCUT2D eigenvalue weighted by atomic mass is 10.0. The Labute approximate surface area is 146 Å². The molecule has 2 aromatic rings. The fourth-order valence-electron chi connectivity index (χ4n) is 2.92. The van der Waals surface area contributed by atoms with Gasteiger partial charge in [-0.1, -0.05) is 48.5 Å². The van der Waals surface area contributed by atoms with Crippen LogP contribution in [-0.2, 0) is 16.0 Å². The van der Waals surface area contributed by atoms with E-state index in [1.165, 1.54) is 4.90 Å². The molecule has 0 radical (unpaired) electrons. The van der Waals surface area contributed by atoms with Gasteiger partial charge < -0.3 is 5.32 Å². The average molecular weight is 336 g/mol. The van der Waals surface area contributed by atoms with Crippen molar-refractivity contribution in [3.05, 3.63) is 71.8 Å². The Kier molecular flexibility index (Phi) is 5.23. The second-order valence-electron chi connectivity index (χ2n) is 6.05. The molecule has 1 aliphatic rings. The van der Waals surface area contributed by atoms with Crippen LogP contribution in [-0.4, -0.2) is 35.2 Å². The molecule has 1 N–H and O–H groups in total. The first-order chi connectivity index (χ1) is 12.1. The molecular weight excluding hydrogens is 316 g/mol. The van der Waals surface area contributed by atoms with Crippen molar-refractivity contribution in [2.24, 2.45) is 0 Å². The summed E-state index contributed by atoms with van der Waals surface area (Å²) in [5, 5.41) is 2.75. The number of nitrogens with zero attached hydrogens (tertiary/aromatic N) is 1. The van der Waals surface area contributed by atoms with Crippen LogP contribution >= 0.6 is 0 Å². The van der Waals surface area contributed by atoms with Crippen LogP contribution in [0.5, 0.6) is 0 Å². The number of amides is 3. The van der Waals surface area contributed by atoms with Crippen molar-refractivity contribution in [2.75, 3.05) is 6.54 Å². The first-order valence-corrected chi connectivity index (χ1v) is 8.39. The quantitative estimate of drug-likeness (QED) is 0.851. The molecule has 2 aromatic carbocycles. The second kappa shape index (κ2) is 7.75. The van der Waals surface area contributed by atoms with Crippen LogP contribution in [0.3, 0.4) is 0 Å². The summed E-state index contributed by atoms with van der Waals surface area (Å²) >= 11 is 0. The number of hydrogen-bond donors (Lipinski definition) is 1. The molecule has 0 aliphatic carbocycles. The smallest absolute Gasteiger partial charge is 0.251 e. The highest BCUT2D eigenvalue weighted by atomic mass is 16.2. The van der Waals surface area contributed by atoms with Crippen molar-refractivity contribution >= 4 is 17.7 Å². The third-order valence-electron chi connectivity index (χ3n) is 4.32. The average Bonchev–Trinajstić information content (AvgIpc) is 2.65. The Morgan fingerprint density at radius 2 is 1.64 bits per heavy atom. The molecule has 1 saturated heterocycles. The van der Waals surface area contributed by atoms with Gasteiger partial charge in [0.15, 0.2) is 0 Å². The highest BCUT2D eigenvalue weighted by Crippen LogP contribution is 2.15. The molecule has 1 unspecified atom stereocenters. The number of carbonyl (C=O) groups is 3. The predicted molar refractivity (Wildman–Crippen MR) is 93.8 cm³/mol. The highest BCUT2D eigenvalue weighted by molar-refractivity contribution is 6.03. The molecule has 128 valence electrons. The number of rotatable bonds is 5. The van der Waals surface area contributed by atoms with Crippen LogP contribution in [0.4, 0.5) is 0 Å². The van der Waals surface area contributed by atoms with Crippen molar-refractivity contribution in [1.29, 1.82) is 0 Å². The van der Waals surface area contributed by atoms with Crippen LogP contribution in [0.15, 0.2) is 60.7 Å². The molecule has 1 fully saturated rings. The lowest BCUT2D eigenvalue weighted by Gasteiger charge is -2.31. The van der Waals surface area contributed by atoms with Crippen molar-refractivity contribution in [3.8, 4) is 0 Å². The van der Waals surface area contributed by atoms with E-state index in [-0.39, 0.29) is 24.1 Å². The molecule has 1 heterocycles. The third kappa shape index (κ3) is 4.12. The van der Waals surface area contributed by atoms with E-state index in [2.05, 4.69) is 5.32 Å². The molecule has 0 spiro atoms. The Bertz CT molecular complexity index is 759. The van der Waals surface area contributed by atoms with Crippen LogP contribution in [0.25, 0.3) is 0 Å². The van der Waals surface area contributed by atoms with Gasteiger partial charge in [0, 0.05) is 18.5 Å². The van der Waals surface area contributed by atoms with E-state index in [0.717, 1.165) is 5.56 Å². The maximum absolute atomic E-state index is 12.6. The summed E-state index contributed by atoms with van der Waals surface area (Å²) in [7, 11) is 0. The number of nitrogens with one attached hydrogen (secondary N) is 1. The van der Waals surface area contributed by atoms with E-state index in [0.29, 0.717) is 24.9 Å². The maximum Gasteiger partial charge on any atom is 0.251 e. The molecule has 0 bridgehead atoms. The number of piperidine rings is 1. The van der Waals surface area contributed by atoms with Crippen molar-refractivity contribution in [1.82, 2.24) is 10.2 Å². The van der Waals surface area contributed by atoms with E-state index in [1.807, 2.05) is 36.4 Å². The van der Waals surface area contributed by atoms with Gasteiger partial charge in [0.25, 0.3) is 11.8 Å². The van der Waals surface area contributed by atoms with E-state index in [9.17, 15) is 14.4 Å². The van der Waals surface area contributed by atoms with E-state index in [1.54, 1.807) is 24.3 Å². The number of benzene rings is 2. The maximum atomic E-state index is 12.6. The van der Waals surface area contributed by atoms with Gasteiger partial charge in [-0.05, 0) is 30.5 Å². The van der Waals surface area contributed by atoms with Crippen LogP contribution in [0.1, 0.15) is 28.8 Å². The largest absolute Gasteiger partial charge is 0.340 e. The minimum atomic E-state index is -0.652. The molecular formula is C20H20N2O3. The monoisotopic (exact) mass is 336 g/mol. The lowest BCUT2D eigenvalue weighted by molar-refractivity contribution is -0.149. The fraction of sp³-hybridized carbons (Fsp3) is 0.250. The first-order valence-electron chi connectivity index (χ1n) is 8.39. The van der Waals surface area contributed by atoms with Gasteiger partial charge in [0.2, 0.25) is 5.91 Å². The van der Waals surface area contributed by atoms with Crippen molar-refractivity contribution in [2.45, 2.75) is 25.3 Å². The van der Waals surface area contributed by atoms with Gasteiger partial charge in [-0.15, -0.1) is 0 Å². The molecule has 3 amide bonds. The third-order valence-corrected chi connectivity index (χ3v) is 4.32. The van der Waals surface area contributed by atoms with Crippen LogP contribution < -0.4 is 5.32 Å². The first kappa shape index (κ1) is 16.9. The molecule has 1 atom stereocenters. The van der Waals surface area contributed by atoms with Crippen LogP contribution in [0.2, 0.25) is 0 Å². The Morgan fingerprint density at radius 1 is 1.00 bits per heavy atom.